The number of fused-ring (bicyclic) bond motifs is 2. The zero-order valence-corrected chi connectivity index (χ0v) is 13.5. The summed E-state index contributed by atoms with van der Waals surface area (Å²) in [6.07, 6.45) is 3.25. The SMILES string of the molecule is O=C(/C=C/c1cc(Br)c2c(c1)OCO2)c1ccc2c(c1)OCO2. The fraction of sp³-hybridized carbons (Fsp3) is 0.118. The van der Waals surface area contributed by atoms with E-state index in [0.717, 1.165) is 10.0 Å². The second kappa shape index (κ2) is 5.62. The van der Waals surface area contributed by atoms with Gasteiger partial charge < -0.3 is 18.9 Å². The standard InChI is InChI=1S/C17H11BrO5/c18-12-5-10(6-16-17(12)23-9-22-16)1-3-13(19)11-2-4-14-15(7-11)21-8-20-14/h1-7H,8-9H2/b3-1+. The third kappa shape index (κ3) is 2.66. The van der Waals surface area contributed by atoms with Crippen LogP contribution in [0, 0.1) is 0 Å². The quantitative estimate of drug-likeness (QED) is 0.604. The Kier molecular flexibility index (Phi) is 3.46. The van der Waals surface area contributed by atoms with Crippen LogP contribution in [0.2, 0.25) is 0 Å². The van der Waals surface area contributed by atoms with E-state index < -0.39 is 0 Å². The summed E-state index contributed by atoms with van der Waals surface area (Å²) < 4.78 is 22.0. The van der Waals surface area contributed by atoms with Crippen molar-refractivity contribution in [1.82, 2.24) is 0 Å². The largest absolute Gasteiger partial charge is 0.454 e. The number of ketones is 1. The lowest BCUT2D eigenvalue weighted by Crippen LogP contribution is -1.94. The molecule has 2 aromatic rings. The van der Waals surface area contributed by atoms with Crippen LogP contribution in [0.25, 0.3) is 6.08 Å². The molecule has 0 fully saturated rings. The summed E-state index contributed by atoms with van der Waals surface area (Å²) in [5, 5.41) is 0. The van der Waals surface area contributed by atoms with Crippen molar-refractivity contribution in [2.75, 3.05) is 13.6 Å². The Bertz CT molecular complexity index is 828. The lowest BCUT2D eigenvalue weighted by atomic mass is 10.1. The number of halogens is 1. The zero-order valence-electron chi connectivity index (χ0n) is 11.9. The van der Waals surface area contributed by atoms with Crippen LogP contribution in [0.3, 0.4) is 0 Å². The number of ether oxygens (including phenoxy) is 4. The number of carbonyl (C=O) groups is 1. The molecule has 5 nitrogen and oxygen atoms in total. The minimum atomic E-state index is -0.114. The van der Waals surface area contributed by atoms with Crippen molar-refractivity contribution in [3.63, 3.8) is 0 Å². The molecule has 0 bridgehead atoms. The molecule has 2 aliphatic heterocycles. The molecular weight excluding hydrogens is 364 g/mol. The zero-order chi connectivity index (χ0) is 15.8. The van der Waals surface area contributed by atoms with E-state index >= 15 is 0 Å². The molecule has 0 unspecified atom stereocenters. The molecule has 0 radical (unpaired) electrons. The first kappa shape index (κ1) is 14.1. The van der Waals surface area contributed by atoms with Crippen molar-refractivity contribution in [3.05, 3.63) is 52.0 Å². The molecule has 0 saturated heterocycles. The molecule has 23 heavy (non-hydrogen) atoms. The molecule has 0 N–H and O–H groups in total. The highest BCUT2D eigenvalue weighted by Crippen LogP contribution is 2.40. The van der Waals surface area contributed by atoms with E-state index in [1.807, 2.05) is 12.1 Å². The number of benzene rings is 2. The molecule has 6 heteroatoms. The lowest BCUT2D eigenvalue weighted by Gasteiger charge is -2.02. The van der Waals surface area contributed by atoms with Crippen LogP contribution >= 0.6 is 15.9 Å². The summed E-state index contributed by atoms with van der Waals surface area (Å²) in [5.41, 5.74) is 1.39. The summed E-state index contributed by atoms with van der Waals surface area (Å²) >= 11 is 3.43. The van der Waals surface area contributed by atoms with Gasteiger partial charge in [-0.15, -0.1) is 0 Å². The van der Waals surface area contributed by atoms with E-state index in [2.05, 4.69) is 15.9 Å². The lowest BCUT2D eigenvalue weighted by molar-refractivity contribution is 0.104. The fourth-order valence-corrected chi connectivity index (χ4v) is 2.98. The van der Waals surface area contributed by atoms with Crippen molar-refractivity contribution < 1.29 is 23.7 Å². The van der Waals surface area contributed by atoms with Crippen LogP contribution in [0.1, 0.15) is 15.9 Å². The molecule has 0 spiro atoms. The average Bonchev–Trinajstić information content (AvgIpc) is 3.20. The predicted octanol–water partition coefficient (Wildman–Crippen LogP) is 3.80. The van der Waals surface area contributed by atoms with Crippen molar-refractivity contribution in [2.45, 2.75) is 0 Å². The van der Waals surface area contributed by atoms with Gasteiger partial charge in [-0.1, -0.05) is 6.08 Å². The second-order valence-electron chi connectivity index (χ2n) is 5.00. The van der Waals surface area contributed by atoms with Gasteiger partial charge in [-0.3, -0.25) is 4.79 Å². The van der Waals surface area contributed by atoms with Crippen LogP contribution in [-0.2, 0) is 0 Å². The van der Waals surface area contributed by atoms with Gasteiger partial charge in [0, 0.05) is 5.56 Å². The van der Waals surface area contributed by atoms with Gasteiger partial charge in [0.25, 0.3) is 0 Å². The molecule has 0 aromatic heterocycles. The van der Waals surface area contributed by atoms with Gasteiger partial charge in [0.2, 0.25) is 13.6 Å². The normalized spacial score (nSPS) is 14.5. The van der Waals surface area contributed by atoms with Crippen molar-refractivity contribution in [1.29, 1.82) is 0 Å². The first-order chi connectivity index (χ1) is 11.2. The van der Waals surface area contributed by atoms with Crippen LogP contribution in [0.5, 0.6) is 23.0 Å². The Morgan fingerprint density at radius 2 is 1.74 bits per heavy atom. The highest BCUT2D eigenvalue weighted by Gasteiger charge is 2.18. The predicted molar refractivity (Wildman–Crippen MR) is 86.2 cm³/mol. The molecule has 0 saturated carbocycles. The molecule has 2 aliphatic rings. The van der Waals surface area contributed by atoms with Crippen LogP contribution in [-0.4, -0.2) is 19.4 Å². The smallest absolute Gasteiger partial charge is 0.231 e. The summed E-state index contributed by atoms with van der Waals surface area (Å²) in [4.78, 5) is 12.3. The van der Waals surface area contributed by atoms with E-state index in [-0.39, 0.29) is 19.4 Å². The Labute approximate surface area is 140 Å². The van der Waals surface area contributed by atoms with Crippen molar-refractivity contribution >= 4 is 27.8 Å². The van der Waals surface area contributed by atoms with E-state index in [4.69, 9.17) is 18.9 Å². The van der Waals surface area contributed by atoms with Gasteiger partial charge in [0.1, 0.15) is 0 Å². The fourth-order valence-electron chi connectivity index (χ4n) is 2.40. The summed E-state index contributed by atoms with van der Waals surface area (Å²) in [6.45, 7) is 0.394. The summed E-state index contributed by atoms with van der Waals surface area (Å²) in [7, 11) is 0. The number of hydrogen-bond donors (Lipinski definition) is 0. The maximum Gasteiger partial charge on any atom is 0.231 e. The molecule has 4 rings (SSSR count). The molecule has 0 atom stereocenters. The van der Waals surface area contributed by atoms with Gasteiger partial charge in [0.05, 0.1) is 4.47 Å². The van der Waals surface area contributed by atoms with Gasteiger partial charge >= 0.3 is 0 Å². The van der Waals surface area contributed by atoms with E-state index in [1.165, 1.54) is 6.08 Å². The van der Waals surface area contributed by atoms with Crippen molar-refractivity contribution in [3.8, 4) is 23.0 Å². The minimum Gasteiger partial charge on any atom is -0.454 e. The Morgan fingerprint density at radius 3 is 2.65 bits per heavy atom. The van der Waals surface area contributed by atoms with E-state index in [1.54, 1.807) is 24.3 Å². The topological polar surface area (TPSA) is 54.0 Å². The van der Waals surface area contributed by atoms with Crippen LogP contribution in [0.4, 0.5) is 0 Å². The van der Waals surface area contributed by atoms with Gasteiger partial charge in [-0.25, -0.2) is 0 Å². The second-order valence-corrected chi connectivity index (χ2v) is 5.86. The van der Waals surface area contributed by atoms with Crippen molar-refractivity contribution in [2.24, 2.45) is 0 Å². The number of rotatable bonds is 3. The Morgan fingerprint density at radius 1 is 0.957 bits per heavy atom. The maximum atomic E-state index is 12.3. The maximum absolute atomic E-state index is 12.3. The molecule has 0 amide bonds. The summed E-state index contributed by atoms with van der Waals surface area (Å²) in [6, 6.07) is 8.84. The van der Waals surface area contributed by atoms with E-state index in [9.17, 15) is 4.79 Å². The van der Waals surface area contributed by atoms with Crippen LogP contribution < -0.4 is 18.9 Å². The highest BCUT2D eigenvalue weighted by atomic mass is 79.9. The Hall–Kier alpha value is -2.47. The number of carbonyl (C=O) groups excluding carboxylic acids is 1. The average molecular weight is 375 g/mol. The molecule has 0 aliphatic carbocycles. The third-order valence-electron chi connectivity index (χ3n) is 3.53. The number of hydrogen-bond acceptors (Lipinski definition) is 5. The number of allylic oxidation sites excluding steroid dienone is 1. The highest BCUT2D eigenvalue weighted by molar-refractivity contribution is 9.10. The third-order valence-corrected chi connectivity index (χ3v) is 4.12. The monoisotopic (exact) mass is 374 g/mol. The summed E-state index contributed by atoms with van der Waals surface area (Å²) in [5.74, 6) is 2.48. The van der Waals surface area contributed by atoms with Crippen LogP contribution in [0.15, 0.2) is 40.9 Å². The molecular formula is C17H11BrO5. The van der Waals surface area contributed by atoms with Gasteiger partial charge in [-0.2, -0.15) is 0 Å². The van der Waals surface area contributed by atoms with Gasteiger partial charge in [-0.05, 0) is 57.9 Å². The molecule has 116 valence electrons. The van der Waals surface area contributed by atoms with Gasteiger partial charge in [0.15, 0.2) is 28.8 Å². The minimum absolute atomic E-state index is 0.114. The molecule has 2 aromatic carbocycles. The molecule has 2 heterocycles. The first-order valence-electron chi connectivity index (χ1n) is 6.92. The Balaban J connectivity index is 1.57. The first-order valence-corrected chi connectivity index (χ1v) is 7.71. The van der Waals surface area contributed by atoms with E-state index in [0.29, 0.717) is 28.6 Å².